The zero-order valence-electron chi connectivity index (χ0n) is 16.6. The van der Waals surface area contributed by atoms with E-state index in [0.29, 0.717) is 44.1 Å². The highest BCUT2D eigenvalue weighted by atomic mass is 19.1. The number of hydrogen-bond donors (Lipinski definition) is 1. The Morgan fingerprint density at radius 2 is 2.21 bits per heavy atom. The van der Waals surface area contributed by atoms with Crippen molar-refractivity contribution < 1.29 is 13.9 Å². The molecule has 1 atom stereocenters. The van der Waals surface area contributed by atoms with Gasteiger partial charge in [0.15, 0.2) is 0 Å². The van der Waals surface area contributed by atoms with Crippen LogP contribution in [0.1, 0.15) is 18.4 Å². The standard InChI is InChI=1S/C21H28FN5O2/c22-19-5-2-1-4-18(19)12-21(15-26(16-21)13-17-6-11-29-14-17)20(28)23-7-3-9-27-10-8-24-25-27/h1-2,4-5,8,10,17H,3,6-7,9,11-16H2,(H,23,28). The summed E-state index contributed by atoms with van der Waals surface area (Å²) in [6, 6.07) is 6.76. The van der Waals surface area contributed by atoms with Gasteiger partial charge >= 0.3 is 0 Å². The number of likely N-dealkylation sites (tertiary alicyclic amines) is 1. The van der Waals surface area contributed by atoms with Gasteiger partial charge in [0.2, 0.25) is 5.91 Å². The van der Waals surface area contributed by atoms with Crippen LogP contribution < -0.4 is 5.32 Å². The van der Waals surface area contributed by atoms with Gasteiger partial charge in [-0.15, -0.1) is 5.10 Å². The average Bonchev–Trinajstić information content (AvgIpc) is 3.38. The maximum Gasteiger partial charge on any atom is 0.229 e. The highest BCUT2D eigenvalue weighted by Gasteiger charge is 2.49. The summed E-state index contributed by atoms with van der Waals surface area (Å²) in [7, 11) is 0. The van der Waals surface area contributed by atoms with Crippen molar-refractivity contribution in [2.45, 2.75) is 25.8 Å². The van der Waals surface area contributed by atoms with E-state index in [1.165, 1.54) is 6.07 Å². The minimum atomic E-state index is -0.574. The van der Waals surface area contributed by atoms with Crippen molar-refractivity contribution in [3.8, 4) is 0 Å². The van der Waals surface area contributed by atoms with Crippen molar-refractivity contribution in [2.75, 3.05) is 39.4 Å². The van der Waals surface area contributed by atoms with Crippen LogP contribution in [0.5, 0.6) is 0 Å². The number of carbonyl (C=O) groups excluding carboxylic acids is 1. The molecule has 29 heavy (non-hydrogen) atoms. The van der Waals surface area contributed by atoms with E-state index < -0.39 is 5.41 Å². The number of aryl methyl sites for hydroxylation is 1. The molecule has 7 nitrogen and oxygen atoms in total. The first kappa shape index (κ1) is 20.0. The Labute approximate surface area is 170 Å². The average molecular weight is 401 g/mol. The Morgan fingerprint density at radius 3 is 2.93 bits per heavy atom. The third kappa shape index (κ3) is 4.82. The van der Waals surface area contributed by atoms with Crippen LogP contribution in [0, 0.1) is 17.2 Å². The van der Waals surface area contributed by atoms with E-state index in [2.05, 4.69) is 20.5 Å². The fourth-order valence-electron chi connectivity index (χ4n) is 4.36. The van der Waals surface area contributed by atoms with Gasteiger partial charge in [-0.25, -0.2) is 4.39 Å². The molecule has 0 radical (unpaired) electrons. The second-order valence-electron chi connectivity index (χ2n) is 8.22. The lowest BCUT2D eigenvalue weighted by atomic mass is 9.73. The van der Waals surface area contributed by atoms with Gasteiger partial charge in [-0.3, -0.25) is 9.48 Å². The van der Waals surface area contributed by atoms with E-state index in [9.17, 15) is 9.18 Å². The summed E-state index contributed by atoms with van der Waals surface area (Å²) in [5.74, 6) is 0.305. The molecule has 156 valence electrons. The molecule has 2 saturated heterocycles. The Hall–Kier alpha value is -2.32. The van der Waals surface area contributed by atoms with Gasteiger partial charge in [-0.2, -0.15) is 0 Å². The number of nitrogens with one attached hydrogen (secondary N) is 1. The first-order valence-corrected chi connectivity index (χ1v) is 10.3. The number of hydrogen-bond acceptors (Lipinski definition) is 5. The normalized spacial score (nSPS) is 21.1. The van der Waals surface area contributed by atoms with Crippen molar-refractivity contribution in [2.24, 2.45) is 11.3 Å². The molecule has 1 unspecified atom stereocenters. The van der Waals surface area contributed by atoms with E-state index in [-0.39, 0.29) is 11.7 Å². The summed E-state index contributed by atoms with van der Waals surface area (Å²) in [5, 5.41) is 10.8. The van der Waals surface area contributed by atoms with E-state index in [4.69, 9.17) is 4.74 Å². The van der Waals surface area contributed by atoms with Crippen LogP contribution in [-0.4, -0.2) is 65.2 Å². The van der Waals surface area contributed by atoms with Crippen LogP contribution in [0.2, 0.25) is 0 Å². The number of nitrogens with zero attached hydrogens (tertiary/aromatic N) is 4. The summed E-state index contributed by atoms with van der Waals surface area (Å²) in [4.78, 5) is 15.4. The van der Waals surface area contributed by atoms with Gasteiger partial charge in [-0.1, -0.05) is 23.4 Å². The van der Waals surface area contributed by atoms with Gasteiger partial charge in [-0.05, 0) is 36.8 Å². The number of amides is 1. The predicted octanol–water partition coefficient (Wildman–Crippen LogP) is 1.50. The molecule has 0 bridgehead atoms. The number of carbonyl (C=O) groups is 1. The summed E-state index contributed by atoms with van der Waals surface area (Å²) < 4.78 is 21.5. The van der Waals surface area contributed by atoms with E-state index in [1.807, 2.05) is 6.07 Å². The number of ether oxygens (including phenoxy) is 1. The maximum atomic E-state index is 14.3. The van der Waals surface area contributed by atoms with Crippen LogP contribution in [0.15, 0.2) is 36.7 Å². The minimum Gasteiger partial charge on any atom is -0.381 e. The molecule has 2 aliphatic heterocycles. The molecule has 0 saturated carbocycles. The topological polar surface area (TPSA) is 72.3 Å². The third-order valence-electron chi connectivity index (χ3n) is 5.88. The number of aromatic nitrogens is 3. The zero-order valence-corrected chi connectivity index (χ0v) is 16.6. The molecule has 8 heteroatoms. The second-order valence-corrected chi connectivity index (χ2v) is 8.22. The van der Waals surface area contributed by atoms with E-state index in [1.54, 1.807) is 29.2 Å². The Balaban J connectivity index is 1.35. The lowest BCUT2D eigenvalue weighted by molar-refractivity contribution is -0.142. The summed E-state index contributed by atoms with van der Waals surface area (Å²) in [5.41, 5.74) is 0.0312. The lowest BCUT2D eigenvalue weighted by Crippen LogP contribution is -2.65. The monoisotopic (exact) mass is 401 g/mol. The summed E-state index contributed by atoms with van der Waals surface area (Å²) in [6.45, 7) is 5.15. The molecule has 0 spiro atoms. The Morgan fingerprint density at radius 1 is 1.34 bits per heavy atom. The number of halogens is 1. The van der Waals surface area contributed by atoms with E-state index >= 15 is 0 Å². The predicted molar refractivity (Wildman–Crippen MR) is 106 cm³/mol. The van der Waals surface area contributed by atoms with Crippen LogP contribution in [-0.2, 0) is 22.5 Å². The van der Waals surface area contributed by atoms with Gasteiger partial charge in [0.05, 0.1) is 18.2 Å². The molecule has 2 fully saturated rings. The third-order valence-corrected chi connectivity index (χ3v) is 5.88. The molecule has 4 rings (SSSR count). The van der Waals surface area contributed by atoms with Crippen LogP contribution in [0.4, 0.5) is 4.39 Å². The van der Waals surface area contributed by atoms with Crippen LogP contribution >= 0.6 is 0 Å². The molecule has 2 aromatic rings. The van der Waals surface area contributed by atoms with Crippen LogP contribution in [0.25, 0.3) is 0 Å². The molecule has 1 aromatic carbocycles. The summed E-state index contributed by atoms with van der Waals surface area (Å²) in [6.07, 6.45) is 5.71. The fourth-order valence-corrected chi connectivity index (χ4v) is 4.36. The molecule has 3 heterocycles. The summed E-state index contributed by atoms with van der Waals surface area (Å²) >= 11 is 0. The smallest absolute Gasteiger partial charge is 0.229 e. The zero-order chi connectivity index (χ0) is 20.1. The minimum absolute atomic E-state index is 0.0123. The SMILES string of the molecule is O=C(NCCCn1ccnn1)C1(Cc2ccccc2F)CN(CC2CCOC2)C1. The highest BCUT2D eigenvalue weighted by molar-refractivity contribution is 5.84. The Kier molecular flexibility index (Phi) is 6.20. The number of rotatable bonds is 9. The van der Waals surface area contributed by atoms with Gasteiger partial charge < -0.3 is 15.0 Å². The first-order valence-electron chi connectivity index (χ1n) is 10.3. The Bertz CT molecular complexity index is 801. The molecule has 1 N–H and O–H groups in total. The quantitative estimate of drug-likeness (QED) is 0.645. The molecule has 0 aliphatic carbocycles. The highest BCUT2D eigenvalue weighted by Crippen LogP contribution is 2.36. The van der Waals surface area contributed by atoms with Crippen molar-refractivity contribution in [3.05, 3.63) is 48.0 Å². The first-order chi connectivity index (χ1) is 14.1. The molecular weight excluding hydrogens is 373 g/mol. The van der Waals surface area contributed by atoms with Gasteiger partial charge in [0.25, 0.3) is 0 Å². The van der Waals surface area contributed by atoms with Crippen molar-refractivity contribution in [1.29, 1.82) is 0 Å². The fraction of sp³-hybridized carbons (Fsp3) is 0.571. The van der Waals surface area contributed by atoms with Crippen molar-refractivity contribution in [1.82, 2.24) is 25.2 Å². The lowest BCUT2D eigenvalue weighted by Gasteiger charge is -2.50. The number of benzene rings is 1. The van der Waals surface area contributed by atoms with Crippen LogP contribution in [0.3, 0.4) is 0 Å². The van der Waals surface area contributed by atoms with Crippen molar-refractivity contribution >= 4 is 5.91 Å². The van der Waals surface area contributed by atoms with Crippen molar-refractivity contribution in [3.63, 3.8) is 0 Å². The largest absolute Gasteiger partial charge is 0.381 e. The van der Waals surface area contributed by atoms with E-state index in [0.717, 1.165) is 32.6 Å². The molecular formula is C21H28FN5O2. The maximum absolute atomic E-state index is 14.3. The molecule has 1 aromatic heterocycles. The molecule has 2 aliphatic rings. The molecule has 1 amide bonds. The second kappa shape index (κ2) is 9.00. The van der Waals surface area contributed by atoms with Gasteiger partial charge in [0.1, 0.15) is 5.82 Å². The van der Waals surface area contributed by atoms with Gasteiger partial charge in [0, 0.05) is 45.5 Å².